The van der Waals surface area contributed by atoms with Gasteiger partial charge in [0.15, 0.2) is 10.2 Å². The van der Waals surface area contributed by atoms with Crippen LogP contribution in [0.1, 0.15) is 30.0 Å². The lowest BCUT2D eigenvalue weighted by atomic mass is 10.0. The van der Waals surface area contributed by atoms with Crippen molar-refractivity contribution in [2.75, 3.05) is 19.0 Å². The average molecular weight is 531 g/mol. The molecule has 1 saturated heterocycles. The van der Waals surface area contributed by atoms with Gasteiger partial charge in [-0.3, -0.25) is 9.78 Å². The van der Waals surface area contributed by atoms with Gasteiger partial charge in [-0.15, -0.1) is 0 Å². The quantitative estimate of drug-likeness (QED) is 0.262. The van der Waals surface area contributed by atoms with Gasteiger partial charge >= 0.3 is 0 Å². The van der Waals surface area contributed by atoms with Crippen LogP contribution in [0.15, 0.2) is 106 Å². The molecule has 2 atom stereocenters. The molecule has 1 aliphatic rings. The SMILES string of the molecule is COc1ccccc1NC(=O)CCN1C(=S)N[C@H](c2ccccn2)[C@@H]1c1ccc(Sc2ccccc2)o1. The van der Waals surface area contributed by atoms with Crippen molar-refractivity contribution in [3.05, 3.63) is 103 Å². The number of hydrogen-bond acceptors (Lipinski definition) is 6. The number of para-hydroxylation sites is 2. The topological polar surface area (TPSA) is 79.6 Å². The minimum Gasteiger partial charge on any atom is -0.495 e. The molecule has 2 aromatic heterocycles. The molecule has 5 rings (SSSR count). The Labute approximate surface area is 225 Å². The van der Waals surface area contributed by atoms with Gasteiger partial charge in [0.2, 0.25) is 5.91 Å². The predicted molar refractivity (Wildman–Crippen MR) is 148 cm³/mol. The Hall–Kier alpha value is -3.82. The number of thiocarbonyl (C=S) groups is 1. The lowest BCUT2D eigenvalue weighted by Gasteiger charge is -2.25. The van der Waals surface area contributed by atoms with Crippen molar-refractivity contribution in [1.29, 1.82) is 0 Å². The standard InChI is InChI=1S/C28H26N4O3S2/c1-34-22-13-6-5-11-20(22)30-24(33)16-18-32-27(26(31-28(32)36)21-12-7-8-17-29-21)23-14-15-25(35-23)37-19-9-3-2-4-10-19/h2-15,17,26-27H,16,18H2,1H3,(H,30,33)(H,31,36)/t26-,27+/m1/s1. The highest BCUT2D eigenvalue weighted by Gasteiger charge is 2.41. The molecular formula is C28H26N4O3S2. The maximum atomic E-state index is 12.8. The van der Waals surface area contributed by atoms with Crippen LogP contribution >= 0.6 is 24.0 Å². The largest absolute Gasteiger partial charge is 0.495 e. The molecule has 3 heterocycles. The van der Waals surface area contributed by atoms with Crippen LogP contribution in [0.3, 0.4) is 0 Å². The third-order valence-electron chi connectivity index (χ3n) is 6.01. The van der Waals surface area contributed by atoms with Crippen LogP contribution < -0.4 is 15.4 Å². The summed E-state index contributed by atoms with van der Waals surface area (Å²) in [5.74, 6) is 1.24. The molecule has 37 heavy (non-hydrogen) atoms. The zero-order valence-corrected chi connectivity index (χ0v) is 21.8. The first kappa shape index (κ1) is 24.9. The van der Waals surface area contributed by atoms with Gasteiger partial charge in [-0.25, -0.2) is 0 Å². The molecule has 1 fully saturated rings. The maximum absolute atomic E-state index is 12.8. The van der Waals surface area contributed by atoms with Crippen molar-refractivity contribution in [1.82, 2.24) is 15.2 Å². The number of carbonyl (C=O) groups is 1. The number of hydrogen-bond donors (Lipinski definition) is 2. The van der Waals surface area contributed by atoms with Crippen molar-refractivity contribution in [3.63, 3.8) is 0 Å². The molecule has 0 aliphatic carbocycles. The predicted octanol–water partition coefficient (Wildman–Crippen LogP) is 5.84. The molecule has 2 N–H and O–H groups in total. The van der Waals surface area contributed by atoms with E-state index in [-0.39, 0.29) is 24.4 Å². The number of furan rings is 1. The van der Waals surface area contributed by atoms with Gasteiger partial charge in [0.05, 0.1) is 24.5 Å². The number of carbonyl (C=O) groups excluding carboxylic acids is 1. The van der Waals surface area contributed by atoms with Crippen LogP contribution in [-0.4, -0.2) is 34.6 Å². The van der Waals surface area contributed by atoms with Gasteiger partial charge in [0.1, 0.15) is 17.6 Å². The number of methoxy groups -OCH3 is 1. The van der Waals surface area contributed by atoms with Gasteiger partial charge in [0, 0.05) is 24.1 Å². The highest BCUT2D eigenvalue weighted by molar-refractivity contribution is 7.99. The van der Waals surface area contributed by atoms with Gasteiger partial charge < -0.3 is 24.7 Å². The first-order valence-electron chi connectivity index (χ1n) is 11.9. The van der Waals surface area contributed by atoms with E-state index in [4.69, 9.17) is 21.4 Å². The van der Waals surface area contributed by atoms with Crippen LogP contribution in [0.2, 0.25) is 0 Å². The molecule has 1 aliphatic heterocycles. The number of anilines is 1. The summed E-state index contributed by atoms with van der Waals surface area (Å²) >= 11 is 7.28. The second-order valence-corrected chi connectivity index (χ2v) is 9.85. The van der Waals surface area contributed by atoms with E-state index < -0.39 is 0 Å². The summed E-state index contributed by atoms with van der Waals surface area (Å²) in [7, 11) is 1.58. The molecule has 7 nitrogen and oxygen atoms in total. The summed E-state index contributed by atoms with van der Waals surface area (Å²) in [6.45, 7) is 0.405. The van der Waals surface area contributed by atoms with E-state index in [9.17, 15) is 4.79 Å². The summed E-state index contributed by atoms with van der Waals surface area (Å²) in [6, 6.07) is 26.7. The second-order valence-electron chi connectivity index (χ2n) is 8.39. The molecule has 1 amide bonds. The number of benzene rings is 2. The fourth-order valence-corrected chi connectivity index (χ4v) is 5.42. The third-order valence-corrected chi connectivity index (χ3v) is 7.29. The number of aromatic nitrogens is 1. The summed E-state index contributed by atoms with van der Waals surface area (Å²) in [5, 5.41) is 7.67. The molecule has 0 saturated carbocycles. The van der Waals surface area contributed by atoms with Crippen molar-refractivity contribution in [2.45, 2.75) is 28.5 Å². The number of nitrogens with zero attached hydrogens (tertiary/aromatic N) is 2. The fourth-order valence-electron chi connectivity index (χ4n) is 4.29. The molecule has 0 unspecified atom stereocenters. The molecule has 0 bridgehead atoms. The average Bonchev–Trinajstić information content (AvgIpc) is 3.52. The van der Waals surface area contributed by atoms with Crippen LogP contribution in [0.25, 0.3) is 0 Å². The Bertz CT molecular complexity index is 1360. The molecular weight excluding hydrogens is 504 g/mol. The van der Waals surface area contributed by atoms with Gasteiger partial charge in [-0.05, 0) is 60.7 Å². The first-order valence-corrected chi connectivity index (χ1v) is 13.1. The Morgan fingerprint density at radius 2 is 1.86 bits per heavy atom. The molecule has 0 spiro atoms. The number of ether oxygens (including phenoxy) is 1. The fraction of sp³-hybridized carbons (Fsp3) is 0.179. The second kappa shape index (κ2) is 11.5. The zero-order chi connectivity index (χ0) is 25.6. The lowest BCUT2D eigenvalue weighted by molar-refractivity contribution is -0.116. The Balaban J connectivity index is 1.36. The van der Waals surface area contributed by atoms with Gasteiger partial charge in [0.25, 0.3) is 0 Å². The number of amides is 1. The van der Waals surface area contributed by atoms with E-state index in [1.54, 1.807) is 25.1 Å². The van der Waals surface area contributed by atoms with Crippen LogP contribution in [0.4, 0.5) is 5.69 Å². The lowest BCUT2D eigenvalue weighted by Crippen LogP contribution is -2.32. The van der Waals surface area contributed by atoms with E-state index in [1.807, 2.05) is 89.8 Å². The van der Waals surface area contributed by atoms with E-state index in [2.05, 4.69) is 15.6 Å². The van der Waals surface area contributed by atoms with E-state index >= 15 is 0 Å². The normalized spacial score (nSPS) is 16.9. The summed E-state index contributed by atoms with van der Waals surface area (Å²) in [4.78, 5) is 20.5. The van der Waals surface area contributed by atoms with E-state index in [0.29, 0.717) is 23.1 Å². The third kappa shape index (κ3) is 5.79. The van der Waals surface area contributed by atoms with Gasteiger partial charge in [-0.2, -0.15) is 0 Å². The minimum absolute atomic E-state index is 0.132. The minimum atomic E-state index is -0.258. The van der Waals surface area contributed by atoms with Crippen LogP contribution in [0.5, 0.6) is 5.75 Å². The zero-order valence-electron chi connectivity index (χ0n) is 20.2. The van der Waals surface area contributed by atoms with Crippen molar-refractivity contribution in [3.8, 4) is 5.75 Å². The maximum Gasteiger partial charge on any atom is 0.226 e. The summed E-state index contributed by atoms with van der Waals surface area (Å²) < 4.78 is 11.7. The highest BCUT2D eigenvalue weighted by Crippen LogP contribution is 2.41. The summed E-state index contributed by atoms with van der Waals surface area (Å²) in [5.41, 5.74) is 1.48. The molecule has 188 valence electrons. The molecule has 4 aromatic rings. The smallest absolute Gasteiger partial charge is 0.226 e. The van der Waals surface area contributed by atoms with Crippen molar-refractivity contribution < 1.29 is 13.9 Å². The number of pyridine rings is 1. The summed E-state index contributed by atoms with van der Waals surface area (Å²) in [6.07, 6.45) is 2.00. The number of nitrogens with one attached hydrogen (secondary N) is 2. The molecule has 2 aromatic carbocycles. The first-order chi connectivity index (χ1) is 18.1. The van der Waals surface area contributed by atoms with Crippen LogP contribution in [-0.2, 0) is 4.79 Å². The Morgan fingerprint density at radius 1 is 1.08 bits per heavy atom. The Morgan fingerprint density at radius 3 is 2.65 bits per heavy atom. The molecule has 9 heteroatoms. The Kier molecular flexibility index (Phi) is 7.72. The van der Waals surface area contributed by atoms with Crippen LogP contribution in [0, 0.1) is 0 Å². The number of rotatable bonds is 9. The molecule has 0 radical (unpaired) electrons. The van der Waals surface area contributed by atoms with E-state index in [1.165, 1.54) is 0 Å². The van der Waals surface area contributed by atoms with E-state index in [0.717, 1.165) is 21.4 Å². The monoisotopic (exact) mass is 530 g/mol. The van der Waals surface area contributed by atoms with Crippen molar-refractivity contribution in [2.24, 2.45) is 0 Å². The van der Waals surface area contributed by atoms with Crippen molar-refractivity contribution >= 4 is 40.7 Å². The van der Waals surface area contributed by atoms with Gasteiger partial charge in [-0.1, -0.05) is 48.2 Å². The highest BCUT2D eigenvalue weighted by atomic mass is 32.2.